The van der Waals surface area contributed by atoms with Crippen molar-refractivity contribution in [2.45, 2.75) is 19.0 Å². The summed E-state index contributed by atoms with van der Waals surface area (Å²) in [6.45, 7) is 2.50. The van der Waals surface area contributed by atoms with Crippen molar-refractivity contribution in [3.63, 3.8) is 0 Å². The molecular formula is C11H15F3N2O. The van der Waals surface area contributed by atoms with E-state index in [1.54, 1.807) is 0 Å². The average Bonchev–Trinajstić information content (AvgIpc) is 2.72. The number of nitrogens with one attached hydrogen (secondary N) is 1. The van der Waals surface area contributed by atoms with Crippen molar-refractivity contribution in [2.24, 2.45) is 0 Å². The lowest BCUT2D eigenvalue weighted by atomic mass is 10.2. The van der Waals surface area contributed by atoms with Crippen LogP contribution in [0.2, 0.25) is 0 Å². The third-order valence-corrected chi connectivity index (χ3v) is 2.28. The second kappa shape index (κ2) is 5.77. The number of aromatic hydroxyl groups is 1. The Bertz CT molecular complexity index is 355. The van der Waals surface area contributed by atoms with Crippen LogP contribution in [0.5, 0.6) is 5.75 Å². The van der Waals surface area contributed by atoms with Crippen molar-refractivity contribution in [1.29, 1.82) is 0 Å². The number of alkyl halides is 3. The van der Waals surface area contributed by atoms with Crippen LogP contribution in [0.4, 0.5) is 18.9 Å². The number of hydrogen-bond acceptors (Lipinski definition) is 3. The first kappa shape index (κ1) is 13.6. The minimum absolute atomic E-state index is 0.0977. The van der Waals surface area contributed by atoms with Gasteiger partial charge in [0, 0.05) is 11.8 Å². The van der Waals surface area contributed by atoms with E-state index in [0.29, 0.717) is 0 Å². The molecular weight excluding hydrogens is 233 g/mol. The van der Waals surface area contributed by atoms with Crippen molar-refractivity contribution in [2.75, 3.05) is 18.8 Å². The van der Waals surface area contributed by atoms with Gasteiger partial charge in [-0.05, 0) is 38.1 Å². The van der Waals surface area contributed by atoms with E-state index in [1.165, 1.54) is 25.9 Å². The number of hydrogen-bond donors (Lipinski definition) is 3. The van der Waals surface area contributed by atoms with E-state index < -0.39 is 17.5 Å². The minimum Gasteiger partial charge on any atom is -0.507 e. The van der Waals surface area contributed by atoms with Gasteiger partial charge in [-0.25, -0.2) is 0 Å². The Morgan fingerprint density at radius 1 is 1.18 bits per heavy atom. The smallest absolute Gasteiger partial charge is 0.419 e. The lowest BCUT2D eigenvalue weighted by Gasteiger charge is -2.08. The highest BCUT2D eigenvalue weighted by molar-refractivity contribution is 5.48. The molecule has 0 spiro atoms. The van der Waals surface area contributed by atoms with Crippen molar-refractivity contribution in [1.82, 2.24) is 5.32 Å². The maximum atomic E-state index is 12.0. The second-order valence-corrected chi connectivity index (χ2v) is 3.73. The number of nitrogens with two attached hydrogens (primary N) is 1. The van der Waals surface area contributed by atoms with Crippen LogP contribution in [-0.4, -0.2) is 18.2 Å². The number of nitrogen functional groups attached to an aromatic ring is 1. The van der Waals surface area contributed by atoms with Gasteiger partial charge >= 0.3 is 6.18 Å². The number of phenols is 1. The highest BCUT2D eigenvalue weighted by atomic mass is 19.4. The van der Waals surface area contributed by atoms with Gasteiger partial charge in [-0.2, -0.15) is 13.2 Å². The maximum absolute atomic E-state index is 12.0. The zero-order valence-electron chi connectivity index (χ0n) is 9.22. The first-order valence-corrected chi connectivity index (χ1v) is 5.27. The molecule has 1 aliphatic rings. The average molecular weight is 248 g/mol. The second-order valence-electron chi connectivity index (χ2n) is 3.73. The van der Waals surface area contributed by atoms with E-state index in [4.69, 9.17) is 10.8 Å². The van der Waals surface area contributed by atoms with Crippen LogP contribution in [0, 0.1) is 0 Å². The number of halogens is 3. The Morgan fingerprint density at radius 2 is 1.76 bits per heavy atom. The molecule has 0 radical (unpaired) electrons. The molecule has 4 N–H and O–H groups in total. The number of rotatable bonds is 0. The summed E-state index contributed by atoms with van der Waals surface area (Å²) >= 11 is 0. The van der Waals surface area contributed by atoms with Gasteiger partial charge in [-0.3, -0.25) is 0 Å². The number of benzene rings is 1. The molecule has 3 nitrogen and oxygen atoms in total. The summed E-state index contributed by atoms with van der Waals surface area (Å²) in [6, 6.07) is 2.69. The number of anilines is 1. The molecule has 0 aliphatic carbocycles. The topological polar surface area (TPSA) is 58.3 Å². The van der Waals surface area contributed by atoms with Crippen LogP contribution in [0.15, 0.2) is 18.2 Å². The summed E-state index contributed by atoms with van der Waals surface area (Å²) in [5.74, 6) is -0.845. The highest BCUT2D eigenvalue weighted by Crippen LogP contribution is 2.36. The Hall–Kier alpha value is -1.43. The van der Waals surface area contributed by atoms with E-state index in [9.17, 15) is 13.2 Å². The Morgan fingerprint density at radius 3 is 2.12 bits per heavy atom. The molecule has 0 unspecified atom stereocenters. The molecule has 6 heteroatoms. The summed E-state index contributed by atoms with van der Waals surface area (Å²) in [5.41, 5.74) is 4.17. The fraction of sp³-hybridized carbons (Fsp3) is 0.455. The van der Waals surface area contributed by atoms with Crippen LogP contribution < -0.4 is 11.1 Å². The normalized spacial score (nSPS) is 15.2. The van der Waals surface area contributed by atoms with E-state index in [-0.39, 0.29) is 5.69 Å². The predicted molar refractivity (Wildman–Crippen MR) is 59.6 cm³/mol. The van der Waals surface area contributed by atoms with Gasteiger partial charge in [0.15, 0.2) is 0 Å². The SMILES string of the molecule is C1CCNC1.Nc1ccc(C(F)(F)F)c(O)c1. The molecule has 0 bridgehead atoms. The van der Waals surface area contributed by atoms with Gasteiger partial charge in [0.1, 0.15) is 5.75 Å². The third-order valence-electron chi connectivity index (χ3n) is 2.28. The van der Waals surface area contributed by atoms with Gasteiger partial charge in [-0.1, -0.05) is 0 Å². The largest absolute Gasteiger partial charge is 0.507 e. The fourth-order valence-corrected chi connectivity index (χ4v) is 1.41. The summed E-state index contributed by atoms with van der Waals surface area (Å²) < 4.78 is 35.9. The first-order valence-electron chi connectivity index (χ1n) is 5.27. The molecule has 0 amide bonds. The van der Waals surface area contributed by atoms with Gasteiger partial charge in [0.25, 0.3) is 0 Å². The summed E-state index contributed by atoms with van der Waals surface area (Å²) in [4.78, 5) is 0. The molecule has 17 heavy (non-hydrogen) atoms. The molecule has 1 aromatic rings. The molecule has 1 saturated heterocycles. The third kappa shape index (κ3) is 4.52. The molecule has 2 rings (SSSR count). The van der Waals surface area contributed by atoms with Crippen molar-refractivity contribution >= 4 is 5.69 Å². The zero-order chi connectivity index (χ0) is 12.9. The molecule has 0 atom stereocenters. The molecule has 1 fully saturated rings. The summed E-state index contributed by atoms with van der Waals surface area (Å²) in [5, 5.41) is 12.0. The molecule has 0 saturated carbocycles. The lowest BCUT2D eigenvalue weighted by molar-refractivity contribution is -0.138. The quantitative estimate of drug-likeness (QED) is 0.618. The van der Waals surface area contributed by atoms with Crippen LogP contribution in [0.1, 0.15) is 18.4 Å². The van der Waals surface area contributed by atoms with Gasteiger partial charge < -0.3 is 16.2 Å². The van der Waals surface area contributed by atoms with E-state index in [2.05, 4.69) is 5.32 Å². The minimum atomic E-state index is -4.53. The van der Waals surface area contributed by atoms with Crippen LogP contribution in [-0.2, 0) is 6.18 Å². The lowest BCUT2D eigenvalue weighted by Crippen LogP contribution is -2.05. The van der Waals surface area contributed by atoms with Gasteiger partial charge in [0.05, 0.1) is 5.56 Å². The van der Waals surface area contributed by atoms with Gasteiger partial charge in [0.2, 0.25) is 0 Å². The zero-order valence-corrected chi connectivity index (χ0v) is 9.22. The van der Waals surface area contributed by atoms with Crippen LogP contribution in [0.25, 0.3) is 0 Å². The Kier molecular flexibility index (Phi) is 4.62. The predicted octanol–water partition coefficient (Wildman–Crippen LogP) is 2.36. The van der Waals surface area contributed by atoms with E-state index in [0.717, 1.165) is 18.2 Å². The number of phenolic OH excluding ortho intramolecular Hbond substituents is 1. The first-order chi connectivity index (χ1) is 7.91. The monoisotopic (exact) mass is 248 g/mol. The highest BCUT2D eigenvalue weighted by Gasteiger charge is 2.33. The van der Waals surface area contributed by atoms with Crippen LogP contribution >= 0.6 is 0 Å². The Balaban J connectivity index is 0.000000239. The van der Waals surface area contributed by atoms with Crippen molar-refractivity contribution < 1.29 is 18.3 Å². The molecule has 96 valence electrons. The molecule has 1 aliphatic heterocycles. The molecule has 1 aromatic carbocycles. The summed E-state index contributed by atoms with van der Waals surface area (Å²) in [6.07, 6.45) is -1.75. The summed E-state index contributed by atoms with van der Waals surface area (Å²) in [7, 11) is 0. The Labute approximate surface area is 97.4 Å². The maximum Gasteiger partial charge on any atom is 0.419 e. The van der Waals surface area contributed by atoms with Crippen LogP contribution in [0.3, 0.4) is 0 Å². The van der Waals surface area contributed by atoms with E-state index >= 15 is 0 Å². The van der Waals surface area contributed by atoms with Gasteiger partial charge in [-0.15, -0.1) is 0 Å². The van der Waals surface area contributed by atoms with Crippen molar-refractivity contribution in [3.8, 4) is 5.75 Å². The van der Waals surface area contributed by atoms with Crippen molar-refractivity contribution in [3.05, 3.63) is 23.8 Å². The molecule has 1 heterocycles. The fourth-order valence-electron chi connectivity index (χ4n) is 1.41. The van der Waals surface area contributed by atoms with E-state index in [1.807, 2.05) is 0 Å². The standard InChI is InChI=1S/C7H6F3NO.C4H9N/c8-7(9,10)5-2-1-4(11)3-6(5)12;1-2-4-5-3-1/h1-3,12H,11H2;5H,1-4H2. The molecule has 0 aromatic heterocycles.